The van der Waals surface area contributed by atoms with E-state index < -0.39 is 11.7 Å². The van der Waals surface area contributed by atoms with Crippen molar-refractivity contribution in [2.24, 2.45) is 0 Å². The molecule has 0 atom stereocenters. The molecule has 0 fully saturated rings. The minimum absolute atomic E-state index is 0.0755. The average Bonchev–Trinajstić information content (AvgIpc) is 3.15. The fourth-order valence-electron chi connectivity index (χ4n) is 3.04. The first-order chi connectivity index (χ1) is 15.0. The van der Waals surface area contributed by atoms with E-state index in [-0.39, 0.29) is 17.8 Å². The lowest BCUT2D eigenvalue weighted by Crippen LogP contribution is -2.29. The lowest BCUT2D eigenvalue weighted by atomic mass is 10.2. The zero-order chi connectivity index (χ0) is 21.8. The molecule has 1 amide bonds. The van der Waals surface area contributed by atoms with Gasteiger partial charge < -0.3 is 5.32 Å². The number of rotatable bonds is 6. The van der Waals surface area contributed by atoms with Crippen molar-refractivity contribution in [3.8, 4) is 10.6 Å². The van der Waals surface area contributed by atoms with E-state index >= 15 is 0 Å². The zero-order valence-electron chi connectivity index (χ0n) is 16.7. The van der Waals surface area contributed by atoms with Crippen LogP contribution in [0.15, 0.2) is 71.5 Å². The van der Waals surface area contributed by atoms with Crippen LogP contribution < -0.4 is 10.9 Å². The number of nitrogens with zero attached hydrogens (tertiary/aromatic N) is 3. The summed E-state index contributed by atoms with van der Waals surface area (Å²) in [5, 5.41) is 7.87. The molecule has 31 heavy (non-hydrogen) atoms. The molecule has 0 spiro atoms. The van der Waals surface area contributed by atoms with Crippen molar-refractivity contribution >= 4 is 17.2 Å². The summed E-state index contributed by atoms with van der Waals surface area (Å²) in [7, 11) is 0. The fourth-order valence-corrected chi connectivity index (χ4v) is 4.05. The molecule has 2 heterocycles. The third-order valence-electron chi connectivity index (χ3n) is 4.64. The van der Waals surface area contributed by atoms with E-state index in [2.05, 4.69) is 15.4 Å². The van der Waals surface area contributed by atoms with Crippen LogP contribution in [0.3, 0.4) is 0 Å². The molecule has 4 rings (SSSR count). The summed E-state index contributed by atoms with van der Waals surface area (Å²) in [5.41, 5.74) is 2.21. The lowest BCUT2D eigenvalue weighted by Gasteiger charge is -2.08. The van der Waals surface area contributed by atoms with Gasteiger partial charge in [-0.3, -0.25) is 9.59 Å². The summed E-state index contributed by atoms with van der Waals surface area (Å²) in [6, 6.07) is 18.4. The van der Waals surface area contributed by atoms with Crippen molar-refractivity contribution in [1.82, 2.24) is 20.1 Å². The number of carbonyl (C=O) groups is 1. The maximum atomic E-state index is 13.4. The Morgan fingerprint density at radius 2 is 1.90 bits per heavy atom. The van der Waals surface area contributed by atoms with Gasteiger partial charge in [0.2, 0.25) is 0 Å². The van der Waals surface area contributed by atoms with E-state index in [1.54, 1.807) is 12.1 Å². The summed E-state index contributed by atoms with van der Waals surface area (Å²) < 4.78 is 14.6. The standard InChI is InChI=1S/C23H19FN4O2S/c1-15-20(31-23(26-15)17-7-3-2-4-8-17)13-25-22(30)19-10-11-21(29)28(27-19)14-16-6-5-9-18(24)12-16/h2-12H,13-14H2,1H3,(H,25,30). The number of thiazole rings is 1. The molecule has 0 radical (unpaired) electrons. The molecular weight excluding hydrogens is 415 g/mol. The number of benzene rings is 2. The van der Waals surface area contributed by atoms with Crippen LogP contribution in [0.5, 0.6) is 0 Å². The maximum Gasteiger partial charge on any atom is 0.272 e. The SMILES string of the molecule is Cc1nc(-c2ccccc2)sc1CNC(=O)c1ccc(=O)n(Cc2cccc(F)c2)n1. The average molecular weight is 434 g/mol. The van der Waals surface area contributed by atoms with Crippen molar-refractivity contribution in [2.45, 2.75) is 20.0 Å². The topological polar surface area (TPSA) is 76.9 Å². The Morgan fingerprint density at radius 1 is 1.10 bits per heavy atom. The van der Waals surface area contributed by atoms with Crippen LogP contribution in [0, 0.1) is 12.7 Å². The second-order valence-electron chi connectivity index (χ2n) is 6.92. The van der Waals surface area contributed by atoms with E-state index in [0.29, 0.717) is 12.1 Å². The molecule has 2 aromatic carbocycles. The quantitative estimate of drug-likeness (QED) is 0.501. The number of carbonyl (C=O) groups excluding carboxylic acids is 1. The fraction of sp³-hybridized carbons (Fsp3) is 0.130. The number of nitrogens with one attached hydrogen (secondary N) is 1. The summed E-state index contributed by atoms with van der Waals surface area (Å²) >= 11 is 1.52. The Labute approximate surface area is 182 Å². The monoisotopic (exact) mass is 434 g/mol. The van der Waals surface area contributed by atoms with Crippen LogP contribution >= 0.6 is 11.3 Å². The van der Waals surface area contributed by atoms with Crippen LogP contribution in [0.2, 0.25) is 0 Å². The molecule has 8 heteroatoms. The minimum atomic E-state index is -0.401. The Balaban J connectivity index is 1.47. The number of aromatic nitrogens is 3. The first kappa shape index (κ1) is 20.6. The van der Waals surface area contributed by atoms with Gasteiger partial charge in [-0.25, -0.2) is 14.1 Å². The van der Waals surface area contributed by atoms with Gasteiger partial charge in [-0.15, -0.1) is 11.3 Å². The highest BCUT2D eigenvalue weighted by atomic mass is 32.1. The van der Waals surface area contributed by atoms with Crippen molar-refractivity contribution in [3.63, 3.8) is 0 Å². The molecule has 0 bridgehead atoms. The summed E-state index contributed by atoms with van der Waals surface area (Å²) in [5.74, 6) is -0.795. The van der Waals surface area contributed by atoms with E-state index in [1.807, 2.05) is 37.3 Å². The van der Waals surface area contributed by atoms with E-state index in [1.165, 1.54) is 35.6 Å². The third-order valence-corrected chi connectivity index (χ3v) is 5.85. The lowest BCUT2D eigenvalue weighted by molar-refractivity contribution is 0.0943. The molecule has 6 nitrogen and oxygen atoms in total. The maximum absolute atomic E-state index is 13.4. The predicted molar refractivity (Wildman–Crippen MR) is 117 cm³/mol. The second kappa shape index (κ2) is 9.01. The molecule has 0 saturated carbocycles. The van der Waals surface area contributed by atoms with Gasteiger partial charge in [-0.1, -0.05) is 42.5 Å². The van der Waals surface area contributed by atoms with E-state index in [0.717, 1.165) is 25.8 Å². The summed E-state index contributed by atoms with van der Waals surface area (Å²) in [4.78, 5) is 30.3. The molecule has 0 saturated heterocycles. The number of aryl methyl sites for hydroxylation is 1. The Hall–Kier alpha value is -3.65. The predicted octanol–water partition coefficient (Wildman–Crippen LogP) is 3.79. The van der Waals surface area contributed by atoms with Gasteiger partial charge in [0.05, 0.1) is 18.8 Å². The smallest absolute Gasteiger partial charge is 0.272 e. The van der Waals surface area contributed by atoms with Gasteiger partial charge in [0.1, 0.15) is 16.5 Å². The van der Waals surface area contributed by atoms with Gasteiger partial charge in [0.15, 0.2) is 0 Å². The molecule has 0 aliphatic rings. The second-order valence-corrected chi connectivity index (χ2v) is 8.00. The van der Waals surface area contributed by atoms with Crippen LogP contribution in [-0.4, -0.2) is 20.7 Å². The molecule has 0 unspecified atom stereocenters. The summed E-state index contributed by atoms with van der Waals surface area (Å²) in [6.07, 6.45) is 0. The van der Waals surface area contributed by atoms with Crippen LogP contribution in [0.4, 0.5) is 4.39 Å². The number of hydrogen-bond acceptors (Lipinski definition) is 5. The molecule has 0 aliphatic carbocycles. The molecule has 156 valence electrons. The van der Waals surface area contributed by atoms with Crippen molar-refractivity contribution in [1.29, 1.82) is 0 Å². The number of hydrogen-bond donors (Lipinski definition) is 1. The zero-order valence-corrected chi connectivity index (χ0v) is 17.5. The molecular formula is C23H19FN4O2S. The molecule has 1 N–H and O–H groups in total. The highest BCUT2D eigenvalue weighted by Crippen LogP contribution is 2.27. The number of halogens is 1. The van der Waals surface area contributed by atoms with Crippen LogP contribution in [0.25, 0.3) is 10.6 Å². The van der Waals surface area contributed by atoms with Gasteiger partial charge in [-0.2, -0.15) is 5.10 Å². The van der Waals surface area contributed by atoms with E-state index in [4.69, 9.17) is 0 Å². The van der Waals surface area contributed by atoms with Crippen LogP contribution in [0.1, 0.15) is 26.6 Å². The highest BCUT2D eigenvalue weighted by Gasteiger charge is 2.13. The van der Waals surface area contributed by atoms with E-state index in [9.17, 15) is 14.0 Å². The summed E-state index contributed by atoms with van der Waals surface area (Å²) in [6.45, 7) is 2.29. The normalized spacial score (nSPS) is 10.8. The van der Waals surface area contributed by atoms with Crippen LogP contribution in [-0.2, 0) is 13.1 Å². The van der Waals surface area contributed by atoms with Crippen molar-refractivity contribution in [3.05, 3.63) is 105 Å². The third kappa shape index (κ3) is 4.92. The van der Waals surface area contributed by atoms with Gasteiger partial charge >= 0.3 is 0 Å². The Bertz CT molecular complexity index is 1280. The highest BCUT2D eigenvalue weighted by molar-refractivity contribution is 7.15. The van der Waals surface area contributed by atoms with Crippen molar-refractivity contribution < 1.29 is 9.18 Å². The Morgan fingerprint density at radius 3 is 2.68 bits per heavy atom. The van der Waals surface area contributed by atoms with Gasteiger partial charge in [0, 0.05) is 16.5 Å². The number of amides is 1. The largest absolute Gasteiger partial charge is 0.346 e. The Kier molecular flexibility index (Phi) is 5.99. The molecule has 0 aliphatic heterocycles. The minimum Gasteiger partial charge on any atom is -0.346 e. The first-order valence-corrected chi connectivity index (χ1v) is 10.4. The van der Waals surface area contributed by atoms with Gasteiger partial charge in [0.25, 0.3) is 11.5 Å². The first-order valence-electron chi connectivity index (χ1n) is 9.62. The van der Waals surface area contributed by atoms with Crippen molar-refractivity contribution in [2.75, 3.05) is 0 Å². The molecule has 2 aromatic heterocycles. The molecule has 4 aromatic rings. The van der Waals surface area contributed by atoms with Gasteiger partial charge in [-0.05, 0) is 30.7 Å².